The Hall–Kier alpha value is -1.55. The second-order valence-electron chi connectivity index (χ2n) is 5.50. The molecule has 0 spiro atoms. The van der Waals surface area contributed by atoms with E-state index < -0.39 is 11.5 Å². The molecule has 1 aliphatic heterocycles. The molecule has 1 fully saturated rings. The molecule has 1 heterocycles. The highest BCUT2D eigenvalue weighted by Gasteiger charge is 2.43. The van der Waals surface area contributed by atoms with E-state index in [4.69, 9.17) is 0 Å². The number of nitrogens with zero attached hydrogens (tertiary/aromatic N) is 1. The molecule has 4 nitrogen and oxygen atoms in total. The molecule has 0 aliphatic carbocycles. The minimum atomic E-state index is -0.796. The van der Waals surface area contributed by atoms with Crippen molar-refractivity contribution in [3.8, 4) is 5.75 Å². The zero-order chi connectivity index (χ0) is 14.0. The van der Waals surface area contributed by atoms with Gasteiger partial charge in [0.1, 0.15) is 11.3 Å². The molecule has 1 aromatic carbocycles. The molecule has 2 N–H and O–H groups in total. The summed E-state index contributed by atoms with van der Waals surface area (Å²) in [5, 5.41) is 18.9. The summed E-state index contributed by atoms with van der Waals surface area (Å²) in [6, 6.07) is 7.04. The number of piperidine rings is 1. The molecule has 0 bridgehead atoms. The minimum absolute atomic E-state index is 0.0296. The number of phenolic OH excluding ortho intramolecular Hbond substituents is 1. The molecular weight excluding hydrogens is 242 g/mol. The lowest BCUT2D eigenvalue weighted by Gasteiger charge is -2.45. The molecule has 2 unspecified atom stereocenters. The fourth-order valence-electron chi connectivity index (χ4n) is 2.93. The largest absolute Gasteiger partial charge is 0.508 e. The first kappa shape index (κ1) is 13.9. The van der Waals surface area contributed by atoms with Crippen LogP contribution in [0.2, 0.25) is 0 Å². The monoisotopic (exact) mass is 263 g/mol. The van der Waals surface area contributed by atoms with E-state index in [1.165, 1.54) is 0 Å². The molecule has 104 valence electrons. The number of aromatic hydroxyl groups is 1. The maximum absolute atomic E-state index is 11.6. The van der Waals surface area contributed by atoms with Gasteiger partial charge in [0, 0.05) is 6.04 Å². The molecule has 0 aromatic heterocycles. The zero-order valence-corrected chi connectivity index (χ0v) is 11.5. The second kappa shape index (κ2) is 5.21. The first-order chi connectivity index (χ1) is 8.95. The van der Waals surface area contributed by atoms with Crippen LogP contribution in [0.5, 0.6) is 5.75 Å². The van der Waals surface area contributed by atoms with Gasteiger partial charge in [-0.1, -0.05) is 12.1 Å². The van der Waals surface area contributed by atoms with Gasteiger partial charge >= 0.3 is 5.97 Å². The van der Waals surface area contributed by atoms with Gasteiger partial charge in [-0.25, -0.2) is 0 Å². The number of rotatable bonds is 3. The Morgan fingerprint density at radius 1 is 1.32 bits per heavy atom. The van der Waals surface area contributed by atoms with Gasteiger partial charge in [0.2, 0.25) is 0 Å². The van der Waals surface area contributed by atoms with Crippen molar-refractivity contribution in [2.24, 2.45) is 0 Å². The van der Waals surface area contributed by atoms with Gasteiger partial charge in [-0.05, 0) is 57.4 Å². The Morgan fingerprint density at radius 2 is 1.95 bits per heavy atom. The van der Waals surface area contributed by atoms with E-state index in [9.17, 15) is 15.0 Å². The first-order valence-corrected chi connectivity index (χ1v) is 6.74. The highest BCUT2D eigenvalue weighted by Crippen LogP contribution is 2.36. The summed E-state index contributed by atoms with van der Waals surface area (Å²) in [4.78, 5) is 13.7. The topological polar surface area (TPSA) is 60.8 Å². The summed E-state index contributed by atoms with van der Waals surface area (Å²) < 4.78 is 0. The normalized spacial score (nSPS) is 26.0. The molecule has 4 heteroatoms. The minimum Gasteiger partial charge on any atom is -0.508 e. The highest BCUT2D eigenvalue weighted by molar-refractivity contribution is 5.78. The Labute approximate surface area is 113 Å². The lowest BCUT2D eigenvalue weighted by Crippen LogP contribution is -2.55. The molecule has 0 amide bonds. The van der Waals surface area contributed by atoms with Gasteiger partial charge in [0.05, 0.1) is 0 Å². The molecule has 0 saturated carbocycles. The van der Waals surface area contributed by atoms with Crippen LogP contribution >= 0.6 is 0 Å². The number of carboxylic acids is 1. The predicted octanol–water partition coefficient (Wildman–Crippen LogP) is 2.78. The fraction of sp³-hybridized carbons (Fsp3) is 0.533. The lowest BCUT2D eigenvalue weighted by atomic mass is 9.86. The summed E-state index contributed by atoms with van der Waals surface area (Å²) >= 11 is 0. The number of aliphatic carboxylic acids is 1. The van der Waals surface area contributed by atoms with Gasteiger partial charge < -0.3 is 10.2 Å². The van der Waals surface area contributed by atoms with Crippen LogP contribution in [0.25, 0.3) is 0 Å². The SMILES string of the molecule is CC(c1ccc(O)cc1)N1CCCCC1(C)C(=O)O. The average Bonchev–Trinajstić information content (AvgIpc) is 2.39. The van der Waals surface area contributed by atoms with Crippen LogP contribution in [0, 0.1) is 0 Å². The summed E-state index contributed by atoms with van der Waals surface area (Å²) in [5.41, 5.74) is 0.238. The van der Waals surface area contributed by atoms with Gasteiger partial charge in [0.15, 0.2) is 0 Å². The van der Waals surface area contributed by atoms with E-state index in [2.05, 4.69) is 4.90 Å². The van der Waals surface area contributed by atoms with Crippen molar-refractivity contribution in [1.29, 1.82) is 0 Å². The van der Waals surface area contributed by atoms with Crippen LogP contribution in [0.3, 0.4) is 0 Å². The fourth-order valence-corrected chi connectivity index (χ4v) is 2.93. The standard InChI is InChI=1S/C15H21NO3/c1-11(12-5-7-13(17)8-6-12)16-10-4-3-9-15(16,2)14(18)19/h5-8,11,17H,3-4,9-10H2,1-2H3,(H,18,19). The van der Waals surface area contributed by atoms with E-state index >= 15 is 0 Å². The van der Waals surface area contributed by atoms with E-state index in [-0.39, 0.29) is 11.8 Å². The third-order valence-corrected chi connectivity index (χ3v) is 4.25. The zero-order valence-electron chi connectivity index (χ0n) is 11.5. The number of carboxylic acid groups (broad SMARTS) is 1. The highest BCUT2D eigenvalue weighted by atomic mass is 16.4. The molecular formula is C15H21NO3. The van der Waals surface area contributed by atoms with E-state index in [1.54, 1.807) is 12.1 Å². The van der Waals surface area contributed by atoms with Gasteiger partial charge in [0.25, 0.3) is 0 Å². The molecule has 1 aliphatic rings. The molecule has 1 aromatic rings. The summed E-state index contributed by atoms with van der Waals surface area (Å²) in [5.74, 6) is -0.520. The molecule has 2 atom stereocenters. The number of hydrogen-bond donors (Lipinski definition) is 2. The van der Waals surface area contributed by atoms with Crippen molar-refractivity contribution in [3.05, 3.63) is 29.8 Å². The molecule has 0 radical (unpaired) electrons. The number of likely N-dealkylation sites (tertiary alicyclic amines) is 1. The third-order valence-electron chi connectivity index (χ3n) is 4.25. The van der Waals surface area contributed by atoms with E-state index in [1.807, 2.05) is 26.0 Å². The maximum atomic E-state index is 11.6. The molecule has 1 saturated heterocycles. The van der Waals surface area contributed by atoms with Crippen LogP contribution in [0.15, 0.2) is 24.3 Å². The summed E-state index contributed by atoms with van der Waals surface area (Å²) in [6.45, 7) is 4.63. The second-order valence-corrected chi connectivity index (χ2v) is 5.50. The van der Waals surface area contributed by atoms with Crippen molar-refractivity contribution in [3.63, 3.8) is 0 Å². The van der Waals surface area contributed by atoms with Crippen molar-refractivity contribution >= 4 is 5.97 Å². The van der Waals surface area contributed by atoms with Crippen LogP contribution < -0.4 is 0 Å². The predicted molar refractivity (Wildman–Crippen MR) is 73.1 cm³/mol. The van der Waals surface area contributed by atoms with E-state index in [0.29, 0.717) is 6.42 Å². The Morgan fingerprint density at radius 3 is 2.53 bits per heavy atom. The van der Waals surface area contributed by atoms with Crippen molar-refractivity contribution in [2.75, 3.05) is 6.54 Å². The van der Waals surface area contributed by atoms with Crippen molar-refractivity contribution in [1.82, 2.24) is 4.90 Å². The third kappa shape index (κ3) is 2.59. The molecule has 2 rings (SSSR count). The Bertz CT molecular complexity index is 457. The van der Waals surface area contributed by atoms with Gasteiger partial charge in [-0.15, -0.1) is 0 Å². The quantitative estimate of drug-likeness (QED) is 0.880. The van der Waals surface area contributed by atoms with Gasteiger partial charge in [-0.2, -0.15) is 0 Å². The van der Waals surface area contributed by atoms with Crippen LogP contribution in [0.1, 0.15) is 44.7 Å². The smallest absolute Gasteiger partial charge is 0.323 e. The van der Waals surface area contributed by atoms with Crippen molar-refractivity contribution in [2.45, 2.75) is 44.7 Å². The summed E-state index contributed by atoms with van der Waals surface area (Å²) in [7, 11) is 0. The summed E-state index contributed by atoms with van der Waals surface area (Å²) in [6.07, 6.45) is 2.68. The van der Waals surface area contributed by atoms with E-state index in [0.717, 1.165) is 24.9 Å². The first-order valence-electron chi connectivity index (χ1n) is 6.74. The maximum Gasteiger partial charge on any atom is 0.323 e. The number of phenols is 1. The lowest BCUT2D eigenvalue weighted by molar-refractivity contribution is -0.155. The molecule has 19 heavy (non-hydrogen) atoms. The average molecular weight is 263 g/mol. The van der Waals surface area contributed by atoms with Gasteiger partial charge in [-0.3, -0.25) is 9.69 Å². The Balaban J connectivity index is 2.27. The van der Waals surface area contributed by atoms with Crippen LogP contribution in [-0.4, -0.2) is 33.2 Å². The van der Waals surface area contributed by atoms with Crippen molar-refractivity contribution < 1.29 is 15.0 Å². The van der Waals surface area contributed by atoms with Crippen LogP contribution in [0.4, 0.5) is 0 Å². The number of benzene rings is 1. The Kier molecular flexibility index (Phi) is 3.80. The number of carbonyl (C=O) groups is 1. The van der Waals surface area contributed by atoms with Crippen LogP contribution in [-0.2, 0) is 4.79 Å². The number of hydrogen-bond acceptors (Lipinski definition) is 3.